The van der Waals surface area contributed by atoms with E-state index in [1.165, 1.54) is 25.7 Å². The van der Waals surface area contributed by atoms with Gasteiger partial charge in [-0.2, -0.15) is 4.98 Å². The minimum absolute atomic E-state index is 0.173. The van der Waals surface area contributed by atoms with E-state index in [-0.39, 0.29) is 5.41 Å². The van der Waals surface area contributed by atoms with Gasteiger partial charge < -0.3 is 14.7 Å². The van der Waals surface area contributed by atoms with Crippen LogP contribution in [0.3, 0.4) is 0 Å². The molecule has 1 atom stereocenters. The van der Waals surface area contributed by atoms with Gasteiger partial charge in [-0.25, -0.2) is 0 Å². The molecule has 1 aromatic heterocycles. The summed E-state index contributed by atoms with van der Waals surface area (Å²) in [5.74, 6) is 1.50. The second-order valence-electron chi connectivity index (χ2n) is 6.80. The molecule has 2 heterocycles. The molecule has 1 saturated heterocycles. The molecule has 1 unspecified atom stereocenters. The smallest absolute Gasteiger partial charge is 0.266 e. The summed E-state index contributed by atoms with van der Waals surface area (Å²) in [6.07, 6.45) is 5.86. The third-order valence-corrected chi connectivity index (χ3v) is 4.12. The zero-order valence-electron chi connectivity index (χ0n) is 13.3. The molecular formula is C15H28N4O. The summed E-state index contributed by atoms with van der Waals surface area (Å²) < 4.78 is 5.44. The van der Waals surface area contributed by atoms with Crippen LogP contribution in [0.2, 0.25) is 0 Å². The first kappa shape index (κ1) is 15.3. The van der Waals surface area contributed by atoms with Crippen LogP contribution < -0.4 is 10.2 Å². The van der Waals surface area contributed by atoms with Crippen molar-refractivity contribution < 1.29 is 4.52 Å². The largest absolute Gasteiger partial charge is 0.338 e. The first-order valence-electron chi connectivity index (χ1n) is 7.75. The van der Waals surface area contributed by atoms with Crippen LogP contribution in [-0.2, 0) is 6.42 Å². The van der Waals surface area contributed by atoms with Crippen LogP contribution in [0.25, 0.3) is 0 Å². The molecule has 0 aliphatic carbocycles. The Balaban J connectivity index is 2.01. The number of aromatic nitrogens is 2. The van der Waals surface area contributed by atoms with Crippen molar-refractivity contribution in [1.82, 2.24) is 15.5 Å². The lowest BCUT2D eigenvalue weighted by Gasteiger charge is -2.29. The Morgan fingerprint density at radius 3 is 2.40 bits per heavy atom. The maximum Gasteiger partial charge on any atom is 0.266 e. The van der Waals surface area contributed by atoms with Crippen molar-refractivity contribution >= 4 is 5.95 Å². The lowest BCUT2D eigenvalue weighted by atomic mass is 9.85. The number of nitrogens with one attached hydrogen (secondary N) is 1. The van der Waals surface area contributed by atoms with Crippen LogP contribution in [0.1, 0.15) is 52.3 Å². The van der Waals surface area contributed by atoms with Crippen LogP contribution in [0.15, 0.2) is 4.52 Å². The Morgan fingerprint density at radius 1 is 1.20 bits per heavy atom. The van der Waals surface area contributed by atoms with Crippen molar-refractivity contribution in [3.63, 3.8) is 0 Å². The fraction of sp³-hybridized carbons (Fsp3) is 0.867. The highest BCUT2D eigenvalue weighted by atomic mass is 16.5. The van der Waals surface area contributed by atoms with Crippen molar-refractivity contribution in [3.8, 4) is 0 Å². The fourth-order valence-corrected chi connectivity index (χ4v) is 2.74. The molecule has 2 rings (SSSR count). The predicted molar refractivity (Wildman–Crippen MR) is 81.0 cm³/mol. The van der Waals surface area contributed by atoms with E-state index in [9.17, 15) is 0 Å². The molecule has 0 radical (unpaired) electrons. The summed E-state index contributed by atoms with van der Waals surface area (Å²) in [5, 5.41) is 7.51. The highest BCUT2D eigenvalue weighted by Crippen LogP contribution is 2.23. The van der Waals surface area contributed by atoms with Gasteiger partial charge in [-0.05, 0) is 30.5 Å². The van der Waals surface area contributed by atoms with Gasteiger partial charge in [0.15, 0.2) is 0 Å². The summed E-state index contributed by atoms with van der Waals surface area (Å²) in [6.45, 7) is 8.77. The van der Waals surface area contributed by atoms with Gasteiger partial charge in [0.05, 0.1) is 0 Å². The Morgan fingerprint density at radius 2 is 1.85 bits per heavy atom. The van der Waals surface area contributed by atoms with Gasteiger partial charge in [0.2, 0.25) is 5.89 Å². The molecule has 1 aliphatic heterocycles. The van der Waals surface area contributed by atoms with Gasteiger partial charge in [0, 0.05) is 25.6 Å². The van der Waals surface area contributed by atoms with Crippen LogP contribution >= 0.6 is 0 Å². The van der Waals surface area contributed by atoms with Crippen molar-refractivity contribution in [3.05, 3.63) is 5.89 Å². The SMILES string of the molecule is CNC(Cc1nc(N2CCCCCC2)no1)C(C)(C)C. The molecule has 114 valence electrons. The van der Waals surface area contributed by atoms with Crippen LogP contribution in [0.5, 0.6) is 0 Å². The van der Waals surface area contributed by atoms with E-state index in [0.717, 1.165) is 31.3 Å². The maximum absolute atomic E-state index is 5.44. The summed E-state index contributed by atoms with van der Waals surface area (Å²) in [5.41, 5.74) is 0.173. The highest BCUT2D eigenvalue weighted by molar-refractivity contribution is 5.27. The topological polar surface area (TPSA) is 54.2 Å². The molecule has 0 aromatic carbocycles. The second-order valence-corrected chi connectivity index (χ2v) is 6.80. The minimum atomic E-state index is 0.173. The fourth-order valence-electron chi connectivity index (χ4n) is 2.74. The van der Waals surface area contributed by atoms with E-state index in [1.54, 1.807) is 0 Å². The van der Waals surface area contributed by atoms with E-state index in [1.807, 2.05) is 7.05 Å². The van der Waals surface area contributed by atoms with Crippen molar-refractivity contribution in [1.29, 1.82) is 0 Å². The Kier molecular flexibility index (Phi) is 5.02. The molecule has 20 heavy (non-hydrogen) atoms. The minimum Gasteiger partial charge on any atom is -0.338 e. The van der Waals surface area contributed by atoms with Gasteiger partial charge in [0.1, 0.15) is 0 Å². The first-order valence-corrected chi connectivity index (χ1v) is 7.75. The quantitative estimate of drug-likeness (QED) is 0.919. The van der Waals surface area contributed by atoms with Crippen molar-refractivity contribution in [2.24, 2.45) is 5.41 Å². The monoisotopic (exact) mass is 280 g/mol. The van der Waals surface area contributed by atoms with Crippen LogP contribution in [0.4, 0.5) is 5.95 Å². The predicted octanol–water partition coefficient (Wildman–Crippen LogP) is 2.63. The van der Waals surface area contributed by atoms with E-state index < -0.39 is 0 Å². The zero-order chi connectivity index (χ0) is 14.6. The number of hydrogen-bond acceptors (Lipinski definition) is 5. The molecule has 1 fully saturated rings. The second kappa shape index (κ2) is 6.57. The first-order chi connectivity index (χ1) is 9.50. The van der Waals surface area contributed by atoms with Crippen LogP contribution in [0, 0.1) is 5.41 Å². The summed E-state index contributed by atoms with van der Waals surface area (Å²) in [4.78, 5) is 6.84. The number of rotatable bonds is 4. The standard InChI is InChI=1S/C15H28N4O/c1-15(2,3)12(16-4)11-13-17-14(18-20-13)19-9-7-5-6-8-10-19/h12,16H,5-11H2,1-4H3. The van der Waals surface area contributed by atoms with Crippen LogP contribution in [-0.4, -0.2) is 36.3 Å². The van der Waals surface area contributed by atoms with Crippen molar-refractivity contribution in [2.45, 2.75) is 58.9 Å². The lowest BCUT2D eigenvalue weighted by molar-refractivity contribution is 0.255. The number of anilines is 1. The van der Waals surface area contributed by atoms with E-state index in [0.29, 0.717) is 6.04 Å². The van der Waals surface area contributed by atoms with E-state index >= 15 is 0 Å². The molecular weight excluding hydrogens is 252 g/mol. The maximum atomic E-state index is 5.44. The molecule has 5 heteroatoms. The molecule has 0 amide bonds. The van der Waals surface area contributed by atoms with Gasteiger partial charge in [-0.1, -0.05) is 33.6 Å². The molecule has 0 saturated carbocycles. The third kappa shape index (κ3) is 3.95. The van der Waals surface area contributed by atoms with Gasteiger partial charge in [0.25, 0.3) is 5.95 Å². The van der Waals surface area contributed by atoms with E-state index in [2.05, 4.69) is 41.1 Å². The number of nitrogens with zero attached hydrogens (tertiary/aromatic N) is 3. The highest BCUT2D eigenvalue weighted by Gasteiger charge is 2.26. The molecule has 0 bridgehead atoms. The lowest BCUT2D eigenvalue weighted by Crippen LogP contribution is -2.39. The molecule has 1 aliphatic rings. The number of hydrogen-bond donors (Lipinski definition) is 1. The summed E-state index contributed by atoms with van der Waals surface area (Å²) in [7, 11) is 1.99. The van der Waals surface area contributed by atoms with E-state index in [4.69, 9.17) is 4.52 Å². The molecule has 5 nitrogen and oxygen atoms in total. The normalized spacial score (nSPS) is 18.9. The average molecular weight is 280 g/mol. The molecule has 1 N–H and O–H groups in total. The molecule has 1 aromatic rings. The van der Waals surface area contributed by atoms with Gasteiger partial charge in [-0.3, -0.25) is 0 Å². The number of likely N-dealkylation sites (N-methyl/N-ethyl adjacent to an activating group) is 1. The average Bonchev–Trinajstić information content (AvgIpc) is 2.68. The van der Waals surface area contributed by atoms with Crippen molar-refractivity contribution in [2.75, 3.05) is 25.0 Å². The third-order valence-electron chi connectivity index (χ3n) is 4.12. The Hall–Kier alpha value is -1.10. The summed E-state index contributed by atoms with van der Waals surface area (Å²) >= 11 is 0. The molecule has 0 spiro atoms. The summed E-state index contributed by atoms with van der Waals surface area (Å²) in [6, 6.07) is 0.333. The zero-order valence-corrected chi connectivity index (χ0v) is 13.3. The van der Waals surface area contributed by atoms with Gasteiger partial charge >= 0.3 is 0 Å². The Bertz CT molecular complexity index is 402. The Labute approximate surface area is 122 Å². The van der Waals surface area contributed by atoms with Gasteiger partial charge in [-0.15, -0.1) is 0 Å².